The molecule has 2 aromatic carbocycles. The molecule has 140 valence electrons. The van der Waals surface area contributed by atoms with Crippen LogP contribution in [0.15, 0.2) is 60.7 Å². The van der Waals surface area contributed by atoms with E-state index < -0.39 is 0 Å². The number of aromatic nitrogens is 2. The molecule has 2 N–H and O–H groups in total. The molecule has 5 nitrogen and oxygen atoms in total. The number of halogens is 1. The Bertz CT molecular complexity index is 867. The van der Waals surface area contributed by atoms with E-state index in [1.54, 1.807) is 18.2 Å². The SMILES string of the molecule is CN(C)CCCNc1nc(Nc2ccccc2F)cc(-c2ccccc2)n1. The number of nitrogens with one attached hydrogen (secondary N) is 2. The normalized spacial score (nSPS) is 10.8. The van der Waals surface area contributed by atoms with Crippen LogP contribution in [0.1, 0.15) is 6.42 Å². The average Bonchev–Trinajstić information content (AvgIpc) is 2.67. The van der Waals surface area contributed by atoms with Crippen molar-refractivity contribution in [1.29, 1.82) is 0 Å². The molecule has 1 aromatic heterocycles. The minimum absolute atomic E-state index is 0.321. The van der Waals surface area contributed by atoms with Gasteiger partial charge in [-0.2, -0.15) is 4.98 Å². The quantitative estimate of drug-likeness (QED) is 0.580. The number of benzene rings is 2. The fraction of sp³-hybridized carbons (Fsp3) is 0.238. The molecule has 0 aliphatic rings. The first kappa shape index (κ1) is 18.8. The van der Waals surface area contributed by atoms with Crippen molar-refractivity contribution >= 4 is 17.5 Å². The van der Waals surface area contributed by atoms with Crippen molar-refractivity contribution in [3.05, 3.63) is 66.5 Å². The van der Waals surface area contributed by atoms with E-state index in [-0.39, 0.29) is 5.82 Å². The molecule has 27 heavy (non-hydrogen) atoms. The maximum absolute atomic E-state index is 14.0. The first-order valence-corrected chi connectivity index (χ1v) is 8.96. The third-order valence-corrected chi connectivity index (χ3v) is 4.00. The predicted octanol–water partition coefficient (Wildman–Crippen LogP) is 4.39. The van der Waals surface area contributed by atoms with Crippen LogP contribution in [-0.2, 0) is 0 Å². The number of para-hydroxylation sites is 1. The zero-order valence-corrected chi connectivity index (χ0v) is 15.6. The number of hydrogen-bond donors (Lipinski definition) is 2. The summed E-state index contributed by atoms with van der Waals surface area (Å²) in [5.41, 5.74) is 2.14. The molecule has 3 aromatic rings. The van der Waals surface area contributed by atoms with Crippen molar-refractivity contribution in [3.63, 3.8) is 0 Å². The second kappa shape index (κ2) is 9.09. The zero-order chi connectivity index (χ0) is 19.1. The van der Waals surface area contributed by atoms with Gasteiger partial charge in [-0.1, -0.05) is 42.5 Å². The summed E-state index contributed by atoms with van der Waals surface area (Å²) in [7, 11) is 4.09. The fourth-order valence-corrected chi connectivity index (χ4v) is 2.64. The molecule has 0 spiro atoms. The topological polar surface area (TPSA) is 53.1 Å². The molecule has 0 radical (unpaired) electrons. The Labute approximate surface area is 159 Å². The summed E-state index contributed by atoms with van der Waals surface area (Å²) in [6, 6.07) is 18.2. The zero-order valence-electron chi connectivity index (χ0n) is 15.6. The van der Waals surface area contributed by atoms with Crippen LogP contribution < -0.4 is 10.6 Å². The Morgan fingerprint density at radius 1 is 0.963 bits per heavy atom. The van der Waals surface area contributed by atoms with Gasteiger partial charge < -0.3 is 15.5 Å². The van der Waals surface area contributed by atoms with E-state index in [4.69, 9.17) is 0 Å². The van der Waals surface area contributed by atoms with E-state index in [0.717, 1.165) is 30.8 Å². The third kappa shape index (κ3) is 5.49. The molecule has 6 heteroatoms. The van der Waals surface area contributed by atoms with Gasteiger partial charge in [0.25, 0.3) is 0 Å². The monoisotopic (exact) mass is 365 g/mol. The molecule has 0 aliphatic heterocycles. The molecule has 0 saturated heterocycles. The molecule has 0 aliphatic carbocycles. The Morgan fingerprint density at radius 3 is 2.44 bits per heavy atom. The van der Waals surface area contributed by atoms with Crippen LogP contribution in [-0.4, -0.2) is 42.1 Å². The number of rotatable bonds is 8. The summed E-state index contributed by atoms with van der Waals surface area (Å²) >= 11 is 0. The second-order valence-electron chi connectivity index (χ2n) is 6.52. The van der Waals surface area contributed by atoms with Crippen LogP contribution >= 0.6 is 0 Å². The van der Waals surface area contributed by atoms with Gasteiger partial charge >= 0.3 is 0 Å². The second-order valence-corrected chi connectivity index (χ2v) is 6.52. The molecule has 0 atom stereocenters. The van der Waals surface area contributed by atoms with Gasteiger partial charge in [-0.3, -0.25) is 0 Å². The van der Waals surface area contributed by atoms with Crippen LogP contribution in [0.3, 0.4) is 0 Å². The van der Waals surface area contributed by atoms with E-state index in [0.29, 0.717) is 17.5 Å². The summed E-state index contributed by atoms with van der Waals surface area (Å²) in [4.78, 5) is 11.2. The van der Waals surface area contributed by atoms with Crippen LogP contribution in [0.25, 0.3) is 11.3 Å². The van der Waals surface area contributed by atoms with Gasteiger partial charge in [-0.25, -0.2) is 9.37 Å². The highest BCUT2D eigenvalue weighted by Gasteiger charge is 2.09. The third-order valence-electron chi connectivity index (χ3n) is 4.00. The standard InChI is InChI=1S/C21H24FN5/c1-27(2)14-8-13-23-21-25-19(16-9-4-3-5-10-16)15-20(26-21)24-18-12-7-6-11-17(18)22/h3-7,9-12,15H,8,13-14H2,1-2H3,(H2,23,24,25,26). The van der Waals surface area contributed by atoms with Crippen molar-refractivity contribution in [2.45, 2.75) is 6.42 Å². The van der Waals surface area contributed by atoms with Gasteiger partial charge in [0.15, 0.2) is 0 Å². The van der Waals surface area contributed by atoms with E-state index in [1.165, 1.54) is 6.07 Å². The van der Waals surface area contributed by atoms with Crippen LogP contribution in [0, 0.1) is 5.82 Å². The van der Waals surface area contributed by atoms with E-state index in [2.05, 4.69) is 25.5 Å². The summed E-state index contributed by atoms with van der Waals surface area (Å²) in [6.07, 6.45) is 0.974. The maximum Gasteiger partial charge on any atom is 0.225 e. The lowest BCUT2D eigenvalue weighted by atomic mass is 10.1. The minimum atomic E-state index is -0.321. The summed E-state index contributed by atoms with van der Waals surface area (Å²) < 4.78 is 14.0. The van der Waals surface area contributed by atoms with E-state index in [9.17, 15) is 4.39 Å². The van der Waals surface area contributed by atoms with Crippen molar-refractivity contribution in [3.8, 4) is 11.3 Å². The van der Waals surface area contributed by atoms with E-state index >= 15 is 0 Å². The first-order chi connectivity index (χ1) is 13.1. The minimum Gasteiger partial charge on any atom is -0.354 e. The number of hydrogen-bond acceptors (Lipinski definition) is 5. The van der Waals surface area contributed by atoms with Gasteiger partial charge in [-0.05, 0) is 39.2 Å². The Balaban J connectivity index is 1.85. The van der Waals surface area contributed by atoms with Crippen molar-refractivity contribution in [2.24, 2.45) is 0 Å². The molecule has 0 unspecified atom stereocenters. The van der Waals surface area contributed by atoms with Crippen molar-refractivity contribution < 1.29 is 4.39 Å². The molecular weight excluding hydrogens is 341 g/mol. The molecule has 0 bridgehead atoms. The smallest absolute Gasteiger partial charge is 0.225 e. The molecule has 0 fully saturated rings. The molecule has 0 saturated carbocycles. The summed E-state index contributed by atoms with van der Waals surface area (Å²) in [5, 5.41) is 6.33. The number of nitrogens with zero attached hydrogens (tertiary/aromatic N) is 3. The van der Waals surface area contributed by atoms with Crippen LogP contribution in [0.2, 0.25) is 0 Å². The van der Waals surface area contributed by atoms with Crippen LogP contribution in [0.5, 0.6) is 0 Å². The maximum atomic E-state index is 14.0. The highest BCUT2D eigenvalue weighted by Crippen LogP contribution is 2.24. The lowest BCUT2D eigenvalue weighted by Crippen LogP contribution is -2.17. The molecule has 3 rings (SSSR count). The first-order valence-electron chi connectivity index (χ1n) is 8.96. The Hall–Kier alpha value is -2.99. The van der Waals surface area contributed by atoms with Gasteiger partial charge in [0, 0.05) is 18.2 Å². The van der Waals surface area contributed by atoms with Gasteiger partial charge in [0.1, 0.15) is 11.6 Å². The summed E-state index contributed by atoms with van der Waals surface area (Å²) in [5.74, 6) is 0.746. The Morgan fingerprint density at radius 2 is 1.70 bits per heavy atom. The van der Waals surface area contributed by atoms with Gasteiger partial charge in [0.05, 0.1) is 11.4 Å². The highest BCUT2D eigenvalue weighted by molar-refractivity contribution is 5.67. The predicted molar refractivity (Wildman–Crippen MR) is 109 cm³/mol. The van der Waals surface area contributed by atoms with Gasteiger partial charge in [0.2, 0.25) is 5.95 Å². The largest absolute Gasteiger partial charge is 0.354 e. The number of anilines is 3. The van der Waals surface area contributed by atoms with Gasteiger partial charge in [-0.15, -0.1) is 0 Å². The van der Waals surface area contributed by atoms with E-state index in [1.807, 2.05) is 50.5 Å². The van der Waals surface area contributed by atoms with Crippen LogP contribution in [0.4, 0.5) is 21.8 Å². The average molecular weight is 365 g/mol. The molecule has 0 amide bonds. The summed E-state index contributed by atoms with van der Waals surface area (Å²) in [6.45, 7) is 1.74. The fourth-order valence-electron chi connectivity index (χ4n) is 2.64. The van der Waals surface area contributed by atoms with Crippen molar-refractivity contribution in [2.75, 3.05) is 37.8 Å². The molecular formula is C21H24FN5. The lowest BCUT2D eigenvalue weighted by Gasteiger charge is -2.13. The molecule has 1 heterocycles. The Kier molecular flexibility index (Phi) is 6.33. The van der Waals surface area contributed by atoms with Crippen molar-refractivity contribution in [1.82, 2.24) is 14.9 Å². The lowest BCUT2D eigenvalue weighted by molar-refractivity contribution is 0.405. The highest BCUT2D eigenvalue weighted by atomic mass is 19.1.